The van der Waals surface area contributed by atoms with E-state index in [2.05, 4.69) is 11.1 Å². The van der Waals surface area contributed by atoms with Crippen molar-refractivity contribution in [3.63, 3.8) is 0 Å². The van der Waals surface area contributed by atoms with Gasteiger partial charge in [0.2, 0.25) is 0 Å². The molecule has 0 atom stereocenters. The molecule has 0 saturated heterocycles. The van der Waals surface area contributed by atoms with Crippen molar-refractivity contribution >= 4 is 45.0 Å². The SMILES string of the molecule is CCN1C(=O)c2ccc(-c3ccc(/C=C(/C#N)c4nc5ccccc5s4)o3)cc2C1=O. The molecule has 2 aromatic heterocycles. The zero-order valence-corrected chi connectivity index (χ0v) is 17.3. The van der Waals surface area contributed by atoms with Crippen LogP contribution in [0.25, 0.3) is 33.2 Å². The molecule has 31 heavy (non-hydrogen) atoms. The normalized spacial score (nSPS) is 13.7. The minimum Gasteiger partial charge on any atom is -0.457 e. The van der Waals surface area contributed by atoms with Crippen LogP contribution in [0.3, 0.4) is 0 Å². The maximum Gasteiger partial charge on any atom is 0.261 e. The molecule has 6 nitrogen and oxygen atoms in total. The van der Waals surface area contributed by atoms with Gasteiger partial charge in [0.1, 0.15) is 22.6 Å². The molecule has 0 N–H and O–H groups in total. The van der Waals surface area contributed by atoms with Gasteiger partial charge in [0.15, 0.2) is 0 Å². The lowest BCUT2D eigenvalue weighted by Crippen LogP contribution is -2.29. The fourth-order valence-corrected chi connectivity index (χ4v) is 4.52. The van der Waals surface area contributed by atoms with Crippen molar-refractivity contribution in [1.82, 2.24) is 9.88 Å². The minimum absolute atomic E-state index is 0.272. The molecule has 3 heterocycles. The van der Waals surface area contributed by atoms with E-state index >= 15 is 0 Å². The highest BCUT2D eigenvalue weighted by molar-refractivity contribution is 7.19. The molecule has 0 fully saturated rings. The third kappa shape index (κ3) is 3.14. The Balaban J connectivity index is 1.48. The Morgan fingerprint density at radius 2 is 1.94 bits per heavy atom. The summed E-state index contributed by atoms with van der Waals surface area (Å²) >= 11 is 1.45. The number of aromatic nitrogens is 1. The largest absolute Gasteiger partial charge is 0.457 e. The smallest absolute Gasteiger partial charge is 0.261 e. The second-order valence-corrected chi connectivity index (χ2v) is 8.00. The molecule has 2 aromatic carbocycles. The molecular weight excluding hydrogens is 410 g/mol. The van der Waals surface area contributed by atoms with Gasteiger partial charge in [-0.15, -0.1) is 11.3 Å². The van der Waals surface area contributed by atoms with Crippen LogP contribution in [-0.2, 0) is 0 Å². The van der Waals surface area contributed by atoms with Crippen LogP contribution in [0.15, 0.2) is 59.0 Å². The number of fused-ring (bicyclic) bond motifs is 2. The summed E-state index contributed by atoms with van der Waals surface area (Å²) in [5.74, 6) is 0.486. The number of carbonyl (C=O) groups excluding carboxylic acids is 2. The highest BCUT2D eigenvalue weighted by atomic mass is 32.1. The zero-order valence-electron chi connectivity index (χ0n) is 16.5. The van der Waals surface area contributed by atoms with Crippen molar-refractivity contribution in [1.29, 1.82) is 5.26 Å². The molecule has 0 radical (unpaired) electrons. The molecule has 4 aromatic rings. The van der Waals surface area contributed by atoms with Crippen molar-refractivity contribution in [2.45, 2.75) is 6.92 Å². The van der Waals surface area contributed by atoms with Crippen molar-refractivity contribution in [3.05, 3.63) is 76.5 Å². The van der Waals surface area contributed by atoms with Crippen LogP contribution < -0.4 is 0 Å². The van der Waals surface area contributed by atoms with Crippen LogP contribution in [0.2, 0.25) is 0 Å². The summed E-state index contributed by atoms with van der Waals surface area (Å²) in [5, 5.41) is 10.3. The van der Waals surface area contributed by atoms with E-state index in [4.69, 9.17) is 4.42 Å². The number of imide groups is 1. The molecule has 5 rings (SSSR count). The Bertz CT molecular complexity index is 1400. The van der Waals surface area contributed by atoms with E-state index in [0.717, 1.165) is 10.2 Å². The van der Waals surface area contributed by atoms with Gasteiger partial charge < -0.3 is 4.42 Å². The standard InChI is InChI=1S/C24H15N3O3S/c1-2-27-23(28)17-9-7-14(12-18(17)24(27)29)20-10-8-16(30-20)11-15(13-25)22-26-19-5-3-4-6-21(19)31-22/h3-12H,2H2,1H3/b15-11-. The van der Waals surface area contributed by atoms with Gasteiger partial charge in [0.05, 0.1) is 26.9 Å². The summed E-state index contributed by atoms with van der Waals surface area (Å²) in [5.41, 5.74) is 2.74. The average Bonchev–Trinajstić information content (AvgIpc) is 3.49. The second kappa shape index (κ2) is 7.35. The number of furan rings is 1. The molecule has 0 spiro atoms. The minimum atomic E-state index is -0.293. The third-order valence-corrected chi connectivity index (χ3v) is 6.20. The number of hydrogen-bond donors (Lipinski definition) is 0. The number of amides is 2. The van der Waals surface area contributed by atoms with Gasteiger partial charge in [-0.2, -0.15) is 5.26 Å². The van der Waals surface area contributed by atoms with E-state index in [-0.39, 0.29) is 11.8 Å². The van der Waals surface area contributed by atoms with Crippen molar-refractivity contribution < 1.29 is 14.0 Å². The topological polar surface area (TPSA) is 87.2 Å². The molecule has 1 aliphatic heterocycles. The monoisotopic (exact) mass is 425 g/mol. The quantitative estimate of drug-likeness (QED) is 0.330. The Labute approximate surface area is 181 Å². The number of para-hydroxylation sites is 1. The van der Waals surface area contributed by atoms with Crippen LogP contribution in [0, 0.1) is 11.3 Å². The first-order valence-electron chi connectivity index (χ1n) is 9.67. The molecule has 7 heteroatoms. The number of nitriles is 1. The highest BCUT2D eigenvalue weighted by Gasteiger charge is 2.34. The number of benzene rings is 2. The van der Waals surface area contributed by atoms with Crippen molar-refractivity contribution in [2.75, 3.05) is 6.54 Å². The van der Waals surface area contributed by atoms with Crippen LogP contribution in [0.4, 0.5) is 0 Å². The number of rotatable bonds is 4. The summed E-state index contributed by atoms with van der Waals surface area (Å²) in [6.07, 6.45) is 1.65. The molecule has 2 amide bonds. The van der Waals surface area contributed by atoms with Gasteiger partial charge in [-0.05, 0) is 43.3 Å². The van der Waals surface area contributed by atoms with Crippen LogP contribution >= 0.6 is 11.3 Å². The van der Waals surface area contributed by atoms with Crippen molar-refractivity contribution in [3.8, 4) is 17.4 Å². The second-order valence-electron chi connectivity index (χ2n) is 6.97. The van der Waals surface area contributed by atoms with Crippen LogP contribution in [0.1, 0.15) is 38.4 Å². The van der Waals surface area contributed by atoms with Gasteiger partial charge in [0, 0.05) is 18.2 Å². The third-order valence-electron chi connectivity index (χ3n) is 5.13. The Kier molecular flexibility index (Phi) is 4.50. The van der Waals surface area contributed by atoms with Gasteiger partial charge >= 0.3 is 0 Å². The van der Waals surface area contributed by atoms with E-state index in [0.29, 0.717) is 45.3 Å². The number of nitrogens with zero attached hydrogens (tertiary/aromatic N) is 3. The maximum absolute atomic E-state index is 12.5. The van der Waals surface area contributed by atoms with Gasteiger partial charge in [-0.1, -0.05) is 18.2 Å². The molecule has 0 aliphatic carbocycles. The number of hydrogen-bond acceptors (Lipinski definition) is 6. The molecular formula is C24H15N3O3S. The first-order chi connectivity index (χ1) is 15.1. The zero-order chi connectivity index (χ0) is 21.5. The molecule has 0 unspecified atom stereocenters. The van der Waals surface area contributed by atoms with E-state index in [1.807, 2.05) is 24.3 Å². The predicted octanol–water partition coefficient (Wildman–Crippen LogP) is 5.24. The van der Waals surface area contributed by atoms with E-state index in [1.54, 1.807) is 43.3 Å². The van der Waals surface area contributed by atoms with Crippen LogP contribution in [0.5, 0.6) is 0 Å². The number of allylic oxidation sites excluding steroid dienone is 1. The Morgan fingerprint density at radius 1 is 1.13 bits per heavy atom. The highest BCUT2D eigenvalue weighted by Crippen LogP contribution is 2.32. The molecule has 1 aliphatic rings. The summed E-state index contributed by atoms with van der Waals surface area (Å²) in [7, 11) is 0. The van der Waals surface area contributed by atoms with Crippen molar-refractivity contribution in [2.24, 2.45) is 0 Å². The lowest BCUT2D eigenvalue weighted by atomic mass is 10.0. The lowest BCUT2D eigenvalue weighted by Gasteiger charge is -2.08. The van der Waals surface area contributed by atoms with Gasteiger partial charge in [-0.3, -0.25) is 14.5 Å². The van der Waals surface area contributed by atoms with Gasteiger partial charge in [0.25, 0.3) is 11.8 Å². The first kappa shape index (κ1) is 19.0. The number of thiazole rings is 1. The summed E-state index contributed by atoms with van der Waals surface area (Å²) in [6.45, 7) is 2.10. The Hall–Kier alpha value is -4.02. The number of carbonyl (C=O) groups is 2. The predicted molar refractivity (Wildman–Crippen MR) is 118 cm³/mol. The van der Waals surface area contributed by atoms with E-state index in [1.165, 1.54) is 16.2 Å². The van der Waals surface area contributed by atoms with E-state index in [9.17, 15) is 14.9 Å². The fourth-order valence-electron chi connectivity index (χ4n) is 3.59. The molecule has 0 saturated carbocycles. The first-order valence-corrected chi connectivity index (χ1v) is 10.5. The maximum atomic E-state index is 12.5. The Morgan fingerprint density at radius 3 is 2.71 bits per heavy atom. The van der Waals surface area contributed by atoms with Gasteiger partial charge in [-0.25, -0.2) is 4.98 Å². The molecule has 150 valence electrons. The summed E-state index contributed by atoms with van der Waals surface area (Å²) < 4.78 is 6.92. The lowest BCUT2D eigenvalue weighted by molar-refractivity contribution is 0.0663. The molecule has 0 bridgehead atoms. The van der Waals surface area contributed by atoms with E-state index < -0.39 is 0 Å². The average molecular weight is 425 g/mol. The summed E-state index contributed by atoms with van der Waals surface area (Å²) in [6, 6.07) is 18.6. The summed E-state index contributed by atoms with van der Waals surface area (Å²) in [4.78, 5) is 30.5. The fraction of sp³-hybridized carbons (Fsp3) is 0.0833. The van der Waals surface area contributed by atoms with Crippen LogP contribution in [-0.4, -0.2) is 28.2 Å².